The summed E-state index contributed by atoms with van der Waals surface area (Å²) in [6, 6.07) is 16.0. The fourth-order valence-electron chi connectivity index (χ4n) is 2.50. The van der Waals surface area contributed by atoms with E-state index in [4.69, 9.17) is 21.1 Å². The Labute approximate surface area is 154 Å². The number of aromatic nitrogens is 1. The number of halogens is 1. The summed E-state index contributed by atoms with van der Waals surface area (Å²) < 4.78 is 10.5. The summed E-state index contributed by atoms with van der Waals surface area (Å²) in [5.74, 6) is 1.37. The molecule has 0 saturated carbocycles. The minimum atomic E-state index is -0.272. The van der Waals surface area contributed by atoms with Crippen LogP contribution >= 0.6 is 11.6 Å². The second-order valence-electron chi connectivity index (χ2n) is 5.59. The molecule has 1 aliphatic rings. The molecule has 0 spiro atoms. The van der Waals surface area contributed by atoms with Crippen molar-refractivity contribution in [3.8, 4) is 11.5 Å². The minimum Gasteiger partial charge on any atom is -0.454 e. The molecule has 2 aromatic carbocycles. The Bertz CT molecular complexity index is 960. The molecule has 1 aromatic heterocycles. The average Bonchev–Trinajstić information content (AvgIpc) is 3.11. The van der Waals surface area contributed by atoms with Crippen LogP contribution in [0.15, 0.2) is 60.8 Å². The lowest BCUT2D eigenvalue weighted by molar-refractivity contribution is 0.102. The molecule has 26 heavy (non-hydrogen) atoms. The third kappa shape index (κ3) is 3.55. The number of rotatable bonds is 4. The molecule has 7 heteroatoms. The fraction of sp³-hybridized carbons (Fsp3) is 0.0526. The van der Waals surface area contributed by atoms with Gasteiger partial charge in [-0.05, 0) is 48.5 Å². The van der Waals surface area contributed by atoms with Gasteiger partial charge in [-0.15, -0.1) is 0 Å². The third-order valence-electron chi connectivity index (χ3n) is 3.75. The number of hydrogen-bond donors (Lipinski definition) is 2. The molecule has 0 atom stereocenters. The summed E-state index contributed by atoms with van der Waals surface area (Å²) in [5.41, 5.74) is 2.11. The molecule has 1 aliphatic heterocycles. The van der Waals surface area contributed by atoms with E-state index < -0.39 is 0 Å². The third-order valence-corrected chi connectivity index (χ3v) is 3.99. The Morgan fingerprint density at radius 3 is 2.69 bits per heavy atom. The summed E-state index contributed by atoms with van der Waals surface area (Å²) in [4.78, 5) is 16.6. The van der Waals surface area contributed by atoms with Crippen LogP contribution in [-0.2, 0) is 0 Å². The molecule has 0 unspecified atom stereocenters. The van der Waals surface area contributed by atoms with Crippen molar-refractivity contribution in [3.63, 3.8) is 0 Å². The van der Waals surface area contributed by atoms with Gasteiger partial charge in [0.05, 0.1) is 11.9 Å². The van der Waals surface area contributed by atoms with Crippen molar-refractivity contribution in [1.29, 1.82) is 0 Å². The van der Waals surface area contributed by atoms with E-state index in [-0.39, 0.29) is 12.7 Å². The largest absolute Gasteiger partial charge is 0.454 e. The van der Waals surface area contributed by atoms with Crippen molar-refractivity contribution >= 4 is 34.7 Å². The van der Waals surface area contributed by atoms with E-state index in [1.165, 1.54) is 0 Å². The second-order valence-corrected chi connectivity index (χ2v) is 6.03. The van der Waals surface area contributed by atoms with Crippen LogP contribution in [0.2, 0.25) is 5.02 Å². The fourth-order valence-corrected chi connectivity index (χ4v) is 2.69. The lowest BCUT2D eigenvalue weighted by atomic mass is 10.2. The van der Waals surface area contributed by atoms with Gasteiger partial charge in [-0.25, -0.2) is 4.98 Å². The number of nitrogens with one attached hydrogen (secondary N) is 2. The molecule has 0 saturated heterocycles. The SMILES string of the molecule is O=C(Nc1ccc(Nc2cccc(Cl)c2)cn1)c1ccc2c(c1)OCO2. The van der Waals surface area contributed by atoms with Crippen molar-refractivity contribution in [2.24, 2.45) is 0 Å². The van der Waals surface area contributed by atoms with Gasteiger partial charge >= 0.3 is 0 Å². The Morgan fingerprint density at radius 2 is 1.88 bits per heavy atom. The number of amides is 1. The lowest BCUT2D eigenvalue weighted by Gasteiger charge is -2.08. The minimum absolute atomic E-state index is 0.170. The zero-order valence-corrected chi connectivity index (χ0v) is 14.3. The highest BCUT2D eigenvalue weighted by Crippen LogP contribution is 2.32. The number of nitrogens with zero attached hydrogens (tertiary/aromatic N) is 1. The van der Waals surface area contributed by atoms with Gasteiger partial charge in [0.25, 0.3) is 5.91 Å². The predicted molar refractivity (Wildman–Crippen MR) is 99.5 cm³/mol. The molecular formula is C19H14ClN3O3. The lowest BCUT2D eigenvalue weighted by Crippen LogP contribution is -2.12. The van der Waals surface area contributed by atoms with Gasteiger partial charge in [0.2, 0.25) is 6.79 Å². The number of pyridine rings is 1. The maximum atomic E-state index is 12.3. The monoisotopic (exact) mass is 367 g/mol. The molecule has 3 aromatic rings. The number of carbonyl (C=O) groups excluding carboxylic acids is 1. The molecule has 0 fully saturated rings. The van der Waals surface area contributed by atoms with Crippen molar-refractivity contribution in [3.05, 3.63) is 71.4 Å². The summed E-state index contributed by atoms with van der Waals surface area (Å²) >= 11 is 5.97. The first kappa shape index (κ1) is 16.2. The molecule has 0 bridgehead atoms. The Morgan fingerprint density at radius 1 is 1.00 bits per heavy atom. The quantitative estimate of drug-likeness (QED) is 0.712. The van der Waals surface area contributed by atoms with Crippen LogP contribution in [0.25, 0.3) is 0 Å². The maximum Gasteiger partial charge on any atom is 0.256 e. The standard InChI is InChI=1S/C19H14ClN3O3/c20-13-2-1-3-14(9-13)22-15-5-7-18(21-10-15)23-19(24)12-4-6-16-17(8-12)26-11-25-16/h1-10,22H,11H2,(H,21,23,24). The highest BCUT2D eigenvalue weighted by molar-refractivity contribution is 6.30. The molecular weight excluding hydrogens is 354 g/mol. The summed E-state index contributed by atoms with van der Waals surface area (Å²) in [7, 11) is 0. The van der Waals surface area contributed by atoms with E-state index in [0.29, 0.717) is 27.9 Å². The van der Waals surface area contributed by atoms with Crippen molar-refractivity contribution < 1.29 is 14.3 Å². The Kier molecular flexibility index (Phi) is 4.33. The highest BCUT2D eigenvalue weighted by atomic mass is 35.5. The van der Waals surface area contributed by atoms with E-state index in [0.717, 1.165) is 11.4 Å². The summed E-state index contributed by atoms with van der Waals surface area (Å²) in [5, 5.41) is 6.60. The van der Waals surface area contributed by atoms with Crippen LogP contribution in [0.1, 0.15) is 10.4 Å². The van der Waals surface area contributed by atoms with Gasteiger partial charge in [0.15, 0.2) is 11.5 Å². The second kappa shape index (κ2) is 6.93. The van der Waals surface area contributed by atoms with Crippen LogP contribution in [0.3, 0.4) is 0 Å². The highest BCUT2D eigenvalue weighted by Gasteiger charge is 2.16. The topological polar surface area (TPSA) is 72.5 Å². The van der Waals surface area contributed by atoms with E-state index in [9.17, 15) is 4.79 Å². The van der Waals surface area contributed by atoms with Crippen LogP contribution in [0.5, 0.6) is 11.5 Å². The van der Waals surface area contributed by atoms with Crippen LogP contribution < -0.4 is 20.1 Å². The maximum absolute atomic E-state index is 12.3. The first-order valence-electron chi connectivity index (χ1n) is 7.87. The van der Waals surface area contributed by atoms with Crippen LogP contribution in [0, 0.1) is 0 Å². The smallest absolute Gasteiger partial charge is 0.256 e. The van der Waals surface area contributed by atoms with Crippen LogP contribution in [0.4, 0.5) is 17.2 Å². The molecule has 4 rings (SSSR count). The summed E-state index contributed by atoms with van der Waals surface area (Å²) in [6.45, 7) is 0.170. The molecule has 6 nitrogen and oxygen atoms in total. The first-order valence-corrected chi connectivity index (χ1v) is 8.25. The van der Waals surface area contributed by atoms with Gasteiger partial charge in [0, 0.05) is 16.3 Å². The van der Waals surface area contributed by atoms with E-state index in [2.05, 4.69) is 15.6 Å². The number of benzene rings is 2. The molecule has 0 aliphatic carbocycles. The van der Waals surface area contributed by atoms with Crippen molar-refractivity contribution in [2.75, 3.05) is 17.4 Å². The normalized spacial score (nSPS) is 11.9. The van der Waals surface area contributed by atoms with Gasteiger partial charge in [0.1, 0.15) is 5.82 Å². The predicted octanol–water partition coefficient (Wildman–Crippen LogP) is 4.46. The number of anilines is 3. The number of ether oxygens (including phenoxy) is 2. The summed E-state index contributed by atoms with van der Waals surface area (Å²) in [6.07, 6.45) is 1.64. The molecule has 0 radical (unpaired) electrons. The van der Waals surface area contributed by atoms with E-state index in [1.54, 1.807) is 36.5 Å². The van der Waals surface area contributed by atoms with Crippen molar-refractivity contribution in [2.45, 2.75) is 0 Å². The number of carbonyl (C=O) groups is 1. The molecule has 2 N–H and O–H groups in total. The van der Waals surface area contributed by atoms with Gasteiger partial charge in [-0.3, -0.25) is 4.79 Å². The molecule has 130 valence electrons. The Hall–Kier alpha value is -3.25. The zero-order chi connectivity index (χ0) is 17.9. The number of fused-ring (bicyclic) bond motifs is 1. The van der Waals surface area contributed by atoms with Gasteiger partial charge < -0.3 is 20.1 Å². The van der Waals surface area contributed by atoms with E-state index >= 15 is 0 Å². The Balaban J connectivity index is 1.43. The first-order chi connectivity index (χ1) is 12.7. The van der Waals surface area contributed by atoms with Gasteiger partial charge in [-0.2, -0.15) is 0 Å². The average molecular weight is 368 g/mol. The molecule has 1 amide bonds. The zero-order valence-electron chi connectivity index (χ0n) is 13.5. The molecule has 2 heterocycles. The number of hydrogen-bond acceptors (Lipinski definition) is 5. The van der Waals surface area contributed by atoms with E-state index in [1.807, 2.05) is 24.3 Å². The van der Waals surface area contributed by atoms with Gasteiger partial charge in [-0.1, -0.05) is 17.7 Å². The van der Waals surface area contributed by atoms with Crippen molar-refractivity contribution in [1.82, 2.24) is 4.98 Å². The van der Waals surface area contributed by atoms with Crippen LogP contribution in [-0.4, -0.2) is 17.7 Å².